The molecule has 0 heterocycles. The van der Waals surface area contributed by atoms with Crippen LogP contribution in [0.5, 0.6) is 0 Å². The van der Waals surface area contributed by atoms with Crippen LogP contribution in [0.3, 0.4) is 0 Å². The summed E-state index contributed by atoms with van der Waals surface area (Å²) in [6, 6.07) is 28.0. The summed E-state index contributed by atoms with van der Waals surface area (Å²) in [6.45, 7) is 0.933. The zero-order valence-electron chi connectivity index (χ0n) is 14.0. The predicted molar refractivity (Wildman–Crippen MR) is 101 cm³/mol. The molecule has 1 amide bonds. The van der Waals surface area contributed by atoms with Crippen molar-refractivity contribution >= 4 is 11.6 Å². The van der Waals surface area contributed by atoms with E-state index in [1.165, 1.54) is 0 Å². The summed E-state index contributed by atoms with van der Waals surface area (Å²) in [5, 5.41) is 2.90. The van der Waals surface area contributed by atoms with Crippen LogP contribution in [0.4, 0.5) is 5.69 Å². The van der Waals surface area contributed by atoms with E-state index in [4.69, 9.17) is 4.74 Å². The van der Waals surface area contributed by atoms with E-state index in [1.54, 1.807) is 0 Å². The smallest absolute Gasteiger partial charge is 0.226 e. The highest BCUT2D eigenvalue weighted by Crippen LogP contribution is 2.21. The SMILES string of the molecule is O=C(CCOCc1ccccc1)Nc1ccc(-c2ccccc2)cc1. The number of rotatable bonds is 7. The van der Waals surface area contributed by atoms with Gasteiger partial charge in [-0.15, -0.1) is 0 Å². The highest BCUT2D eigenvalue weighted by Gasteiger charge is 2.03. The van der Waals surface area contributed by atoms with Crippen LogP contribution >= 0.6 is 0 Å². The van der Waals surface area contributed by atoms with Crippen molar-refractivity contribution in [3.8, 4) is 11.1 Å². The van der Waals surface area contributed by atoms with Crippen molar-refractivity contribution in [1.82, 2.24) is 0 Å². The first-order chi connectivity index (χ1) is 12.3. The Morgan fingerprint density at radius 3 is 2.04 bits per heavy atom. The molecule has 3 rings (SSSR count). The molecule has 0 spiro atoms. The number of anilines is 1. The van der Waals surface area contributed by atoms with E-state index >= 15 is 0 Å². The van der Waals surface area contributed by atoms with Gasteiger partial charge in [-0.25, -0.2) is 0 Å². The summed E-state index contributed by atoms with van der Waals surface area (Å²) < 4.78 is 5.54. The highest BCUT2D eigenvalue weighted by molar-refractivity contribution is 5.91. The Morgan fingerprint density at radius 1 is 0.760 bits per heavy atom. The molecular formula is C22H21NO2. The van der Waals surface area contributed by atoms with Crippen molar-refractivity contribution in [2.75, 3.05) is 11.9 Å². The molecule has 0 aliphatic heterocycles. The molecule has 0 fully saturated rings. The van der Waals surface area contributed by atoms with Gasteiger partial charge in [0, 0.05) is 5.69 Å². The van der Waals surface area contributed by atoms with E-state index < -0.39 is 0 Å². The van der Waals surface area contributed by atoms with Gasteiger partial charge in [-0.05, 0) is 28.8 Å². The topological polar surface area (TPSA) is 38.3 Å². The first-order valence-corrected chi connectivity index (χ1v) is 8.38. The van der Waals surface area contributed by atoms with Gasteiger partial charge in [0.05, 0.1) is 19.6 Å². The average molecular weight is 331 g/mol. The summed E-state index contributed by atoms with van der Waals surface area (Å²) in [5.74, 6) is -0.0412. The fraction of sp³-hybridized carbons (Fsp3) is 0.136. The predicted octanol–water partition coefficient (Wildman–Crippen LogP) is 4.90. The van der Waals surface area contributed by atoms with Crippen molar-refractivity contribution in [3.05, 3.63) is 90.5 Å². The van der Waals surface area contributed by atoms with Gasteiger partial charge in [0.15, 0.2) is 0 Å². The number of carbonyl (C=O) groups excluding carboxylic acids is 1. The maximum absolute atomic E-state index is 12.0. The Bertz CT molecular complexity index is 783. The monoisotopic (exact) mass is 331 g/mol. The summed E-state index contributed by atoms with van der Waals surface area (Å²) in [4.78, 5) is 12.0. The van der Waals surface area contributed by atoms with Crippen molar-refractivity contribution in [3.63, 3.8) is 0 Å². The molecule has 0 bridgehead atoms. The maximum atomic E-state index is 12.0. The van der Waals surface area contributed by atoms with Crippen LogP contribution in [0.2, 0.25) is 0 Å². The quantitative estimate of drug-likeness (QED) is 0.625. The largest absolute Gasteiger partial charge is 0.376 e. The van der Waals surface area contributed by atoms with E-state index in [0.717, 1.165) is 22.4 Å². The second-order valence-corrected chi connectivity index (χ2v) is 5.78. The summed E-state index contributed by atoms with van der Waals surface area (Å²) in [5.41, 5.74) is 4.20. The van der Waals surface area contributed by atoms with Crippen LogP contribution in [0.1, 0.15) is 12.0 Å². The molecule has 0 radical (unpaired) electrons. The van der Waals surface area contributed by atoms with Crippen molar-refractivity contribution in [1.29, 1.82) is 0 Å². The Labute approximate surface area is 148 Å². The minimum Gasteiger partial charge on any atom is -0.376 e. The van der Waals surface area contributed by atoms with E-state index in [-0.39, 0.29) is 5.91 Å². The first-order valence-electron chi connectivity index (χ1n) is 8.38. The van der Waals surface area contributed by atoms with Crippen LogP contribution in [0.15, 0.2) is 84.9 Å². The lowest BCUT2D eigenvalue weighted by molar-refractivity contribution is -0.117. The Hall–Kier alpha value is -2.91. The molecule has 0 aliphatic carbocycles. The van der Waals surface area contributed by atoms with Crippen LogP contribution in [-0.4, -0.2) is 12.5 Å². The molecule has 126 valence electrons. The average Bonchev–Trinajstić information content (AvgIpc) is 2.67. The van der Waals surface area contributed by atoms with Crippen molar-refractivity contribution < 1.29 is 9.53 Å². The number of ether oxygens (including phenoxy) is 1. The van der Waals surface area contributed by atoms with E-state index in [2.05, 4.69) is 17.4 Å². The van der Waals surface area contributed by atoms with Gasteiger partial charge < -0.3 is 10.1 Å². The van der Waals surface area contributed by atoms with Crippen LogP contribution < -0.4 is 5.32 Å². The minimum atomic E-state index is -0.0412. The normalized spacial score (nSPS) is 10.4. The molecule has 0 saturated carbocycles. The summed E-state index contributed by atoms with van der Waals surface area (Å²) >= 11 is 0. The van der Waals surface area contributed by atoms with Crippen LogP contribution in [0.25, 0.3) is 11.1 Å². The third kappa shape index (κ3) is 5.30. The lowest BCUT2D eigenvalue weighted by atomic mass is 10.1. The molecule has 0 atom stereocenters. The van der Waals surface area contributed by atoms with E-state index in [1.807, 2.05) is 72.8 Å². The third-order valence-corrected chi connectivity index (χ3v) is 3.86. The molecule has 3 heteroatoms. The van der Waals surface area contributed by atoms with Crippen LogP contribution in [0, 0.1) is 0 Å². The minimum absolute atomic E-state index is 0.0412. The van der Waals surface area contributed by atoms with E-state index in [0.29, 0.717) is 19.6 Å². The highest BCUT2D eigenvalue weighted by atomic mass is 16.5. The standard InChI is InChI=1S/C22H21NO2/c24-22(15-16-25-17-18-7-3-1-4-8-18)23-21-13-11-20(12-14-21)19-9-5-2-6-10-19/h1-14H,15-17H2,(H,23,24). The molecule has 0 saturated heterocycles. The lowest BCUT2D eigenvalue weighted by Crippen LogP contribution is -2.14. The number of amides is 1. The van der Waals surface area contributed by atoms with Gasteiger partial charge in [0.2, 0.25) is 5.91 Å². The molecule has 3 aromatic carbocycles. The summed E-state index contributed by atoms with van der Waals surface area (Å²) in [7, 11) is 0. The second kappa shape index (κ2) is 8.81. The molecule has 0 aromatic heterocycles. The molecule has 3 nitrogen and oxygen atoms in total. The Kier molecular flexibility index (Phi) is 5.96. The molecule has 1 N–H and O–H groups in total. The fourth-order valence-electron chi connectivity index (χ4n) is 2.53. The van der Waals surface area contributed by atoms with E-state index in [9.17, 15) is 4.79 Å². The van der Waals surface area contributed by atoms with Gasteiger partial charge >= 0.3 is 0 Å². The molecule has 0 aliphatic rings. The zero-order chi connectivity index (χ0) is 17.3. The Balaban J connectivity index is 1.43. The van der Waals surface area contributed by atoms with Gasteiger partial charge in [0.1, 0.15) is 0 Å². The molecule has 0 unspecified atom stereocenters. The van der Waals surface area contributed by atoms with Gasteiger partial charge in [-0.3, -0.25) is 4.79 Å². The molecule has 3 aromatic rings. The molecular weight excluding hydrogens is 310 g/mol. The number of hydrogen-bond acceptors (Lipinski definition) is 2. The first kappa shape index (κ1) is 16.9. The second-order valence-electron chi connectivity index (χ2n) is 5.78. The number of benzene rings is 3. The van der Waals surface area contributed by atoms with Crippen LogP contribution in [-0.2, 0) is 16.1 Å². The number of nitrogens with one attached hydrogen (secondary N) is 1. The maximum Gasteiger partial charge on any atom is 0.226 e. The lowest BCUT2D eigenvalue weighted by Gasteiger charge is -2.08. The van der Waals surface area contributed by atoms with Crippen molar-refractivity contribution in [2.45, 2.75) is 13.0 Å². The number of hydrogen-bond donors (Lipinski definition) is 1. The zero-order valence-corrected chi connectivity index (χ0v) is 14.0. The van der Waals surface area contributed by atoms with Crippen molar-refractivity contribution in [2.24, 2.45) is 0 Å². The molecule has 25 heavy (non-hydrogen) atoms. The third-order valence-electron chi connectivity index (χ3n) is 3.86. The fourth-order valence-corrected chi connectivity index (χ4v) is 2.53. The van der Waals surface area contributed by atoms with Gasteiger partial charge in [-0.2, -0.15) is 0 Å². The summed E-state index contributed by atoms with van der Waals surface area (Å²) in [6.07, 6.45) is 0.341. The van der Waals surface area contributed by atoms with Gasteiger partial charge in [0.25, 0.3) is 0 Å². The van der Waals surface area contributed by atoms with Gasteiger partial charge in [-0.1, -0.05) is 72.8 Å². The number of carbonyl (C=O) groups is 1. The Morgan fingerprint density at radius 2 is 1.36 bits per heavy atom.